The van der Waals surface area contributed by atoms with Crippen LogP contribution in [0.5, 0.6) is 11.5 Å². The zero-order valence-corrected chi connectivity index (χ0v) is 14.4. The third kappa shape index (κ3) is 5.34. The smallest absolute Gasteiger partial charge is 0.222 e. The molecule has 0 atom stereocenters. The van der Waals surface area contributed by atoms with E-state index in [0.717, 1.165) is 22.7 Å². The quantitative estimate of drug-likeness (QED) is 0.647. The zero-order valence-electron chi connectivity index (χ0n) is 14.4. The number of pyridine rings is 1. The van der Waals surface area contributed by atoms with Crippen LogP contribution < -0.4 is 15.4 Å². The van der Waals surface area contributed by atoms with Gasteiger partial charge < -0.3 is 15.4 Å². The van der Waals surface area contributed by atoms with Crippen LogP contribution in [0.1, 0.15) is 12.0 Å². The number of amides is 1. The number of benzene rings is 2. The molecule has 2 N–H and O–H groups in total. The van der Waals surface area contributed by atoms with E-state index in [-0.39, 0.29) is 5.91 Å². The van der Waals surface area contributed by atoms with E-state index in [1.54, 1.807) is 12.4 Å². The van der Waals surface area contributed by atoms with Gasteiger partial charge in [0, 0.05) is 31.9 Å². The second kappa shape index (κ2) is 9.22. The van der Waals surface area contributed by atoms with Crippen molar-refractivity contribution < 1.29 is 9.53 Å². The van der Waals surface area contributed by atoms with Gasteiger partial charge in [0.25, 0.3) is 0 Å². The van der Waals surface area contributed by atoms with Crippen molar-refractivity contribution >= 4 is 11.6 Å². The fourth-order valence-corrected chi connectivity index (χ4v) is 2.42. The van der Waals surface area contributed by atoms with E-state index in [4.69, 9.17) is 4.74 Å². The zero-order chi connectivity index (χ0) is 18.0. The number of para-hydroxylation sites is 3. The van der Waals surface area contributed by atoms with E-state index in [1.165, 1.54) is 0 Å². The van der Waals surface area contributed by atoms with Crippen molar-refractivity contribution in [3.8, 4) is 11.5 Å². The predicted octanol–water partition coefficient (Wildman–Crippen LogP) is 3.99. The topological polar surface area (TPSA) is 63.2 Å². The normalized spacial score (nSPS) is 10.2. The fraction of sp³-hybridized carbons (Fsp3) is 0.143. The van der Waals surface area contributed by atoms with Gasteiger partial charge in [-0.15, -0.1) is 0 Å². The number of anilines is 1. The van der Waals surface area contributed by atoms with Crippen molar-refractivity contribution in [1.82, 2.24) is 10.3 Å². The Hall–Kier alpha value is -3.34. The number of carbonyl (C=O) groups is 1. The number of hydrogen-bond donors (Lipinski definition) is 2. The molecule has 0 aliphatic rings. The Bertz CT molecular complexity index is 823. The molecule has 2 aromatic carbocycles. The highest BCUT2D eigenvalue weighted by Crippen LogP contribution is 2.28. The molecule has 0 aliphatic carbocycles. The van der Waals surface area contributed by atoms with Crippen LogP contribution in [0.2, 0.25) is 0 Å². The van der Waals surface area contributed by atoms with Crippen molar-refractivity contribution in [2.45, 2.75) is 13.0 Å². The van der Waals surface area contributed by atoms with E-state index in [1.807, 2.05) is 66.7 Å². The molecule has 132 valence electrons. The summed E-state index contributed by atoms with van der Waals surface area (Å²) < 4.78 is 5.90. The Labute approximate surface area is 153 Å². The molecular weight excluding hydrogens is 326 g/mol. The number of nitrogens with one attached hydrogen (secondary N) is 2. The molecular formula is C21H21N3O2. The van der Waals surface area contributed by atoms with Crippen LogP contribution in [0, 0.1) is 0 Å². The molecule has 5 nitrogen and oxygen atoms in total. The highest BCUT2D eigenvalue weighted by molar-refractivity contribution is 5.76. The van der Waals surface area contributed by atoms with Crippen LogP contribution in [-0.4, -0.2) is 17.4 Å². The molecule has 5 heteroatoms. The Morgan fingerprint density at radius 1 is 0.923 bits per heavy atom. The monoisotopic (exact) mass is 347 g/mol. The maximum Gasteiger partial charge on any atom is 0.222 e. The van der Waals surface area contributed by atoms with Crippen LogP contribution in [0.15, 0.2) is 79.1 Å². The van der Waals surface area contributed by atoms with E-state index in [2.05, 4.69) is 15.6 Å². The van der Waals surface area contributed by atoms with Crippen LogP contribution in [0.25, 0.3) is 0 Å². The average Bonchev–Trinajstić information content (AvgIpc) is 2.69. The number of ether oxygens (including phenoxy) is 1. The minimum atomic E-state index is -0.00392. The molecule has 0 unspecified atom stereocenters. The summed E-state index contributed by atoms with van der Waals surface area (Å²) >= 11 is 0. The summed E-state index contributed by atoms with van der Waals surface area (Å²) in [4.78, 5) is 15.9. The molecule has 1 heterocycles. The number of carbonyl (C=O) groups excluding carboxylic acids is 1. The van der Waals surface area contributed by atoms with Crippen LogP contribution in [0.3, 0.4) is 0 Å². The lowest BCUT2D eigenvalue weighted by Gasteiger charge is -2.13. The van der Waals surface area contributed by atoms with Gasteiger partial charge in [-0.3, -0.25) is 9.78 Å². The Morgan fingerprint density at radius 2 is 1.65 bits per heavy atom. The number of rotatable bonds is 8. The van der Waals surface area contributed by atoms with Crippen LogP contribution in [-0.2, 0) is 11.3 Å². The third-order valence-corrected chi connectivity index (χ3v) is 3.76. The third-order valence-electron chi connectivity index (χ3n) is 3.76. The summed E-state index contributed by atoms with van der Waals surface area (Å²) in [5, 5.41) is 6.17. The Balaban J connectivity index is 1.48. The first-order chi connectivity index (χ1) is 12.8. The van der Waals surface area contributed by atoms with Crippen molar-refractivity contribution in [3.05, 3.63) is 84.7 Å². The summed E-state index contributed by atoms with van der Waals surface area (Å²) in [7, 11) is 0. The van der Waals surface area contributed by atoms with Gasteiger partial charge >= 0.3 is 0 Å². The first-order valence-electron chi connectivity index (χ1n) is 8.53. The van der Waals surface area contributed by atoms with Crippen LogP contribution in [0.4, 0.5) is 5.69 Å². The minimum absolute atomic E-state index is 0.00392. The minimum Gasteiger partial charge on any atom is -0.455 e. The van der Waals surface area contributed by atoms with E-state index < -0.39 is 0 Å². The van der Waals surface area contributed by atoms with Crippen LogP contribution >= 0.6 is 0 Å². The van der Waals surface area contributed by atoms with Gasteiger partial charge in [-0.2, -0.15) is 0 Å². The second-order valence-electron chi connectivity index (χ2n) is 5.72. The number of hydrogen-bond acceptors (Lipinski definition) is 4. The van der Waals surface area contributed by atoms with E-state index in [0.29, 0.717) is 19.5 Å². The maximum absolute atomic E-state index is 12.0. The SMILES string of the molecule is O=C(CCNc1ccccc1Oc1ccccc1)NCc1ccncc1. The van der Waals surface area contributed by atoms with Gasteiger partial charge in [0.1, 0.15) is 5.75 Å². The summed E-state index contributed by atoms with van der Waals surface area (Å²) in [5.74, 6) is 1.50. The molecule has 0 saturated heterocycles. The largest absolute Gasteiger partial charge is 0.455 e. The molecule has 26 heavy (non-hydrogen) atoms. The summed E-state index contributed by atoms with van der Waals surface area (Å²) in [5.41, 5.74) is 1.89. The highest BCUT2D eigenvalue weighted by atomic mass is 16.5. The standard InChI is InChI=1S/C21H21N3O2/c25-21(24-16-17-10-13-22-14-11-17)12-15-23-19-8-4-5-9-20(19)26-18-6-2-1-3-7-18/h1-11,13-14,23H,12,15-16H2,(H,24,25). The summed E-state index contributed by atoms with van der Waals surface area (Å²) in [6, 6.07) is 21.1. The molecule has 1 aromatic heterocycles. The van der Waals surface area contributed by atoms with E-state index in [9.17, 15) is 4.79 Å². The van der Waals surface area contributed by atoms with Gasteiger partial charge in [0.15, 0.2) is 5.75 Å². The van der Waals surface area contributed by atoms with Crippen molar-refractivity contribution in [2.24, 2.45) is 0 Å². The molecule has 3 rings (SSSR count). The predicted molar refractivity (Wildman–Crippen MR) is 102 cm³/mol. The first-order valence-corrected chi connectivity index (χ1v) is 8.53. The Morgan fingerprint density at radius 3 is 2.46 bits per heavy atom. The highest BCUT2D eigenvalue weighted by Gasteiger charge is 2.06. The summed E-state index contributed by atoms with van der Waals surface area (Å²) in [6.45, 7) is 1.03. The van der Waals surface area contributed by atoms with E-state index >= 15 is 0 Å². The van der Waals surface area contributed by atoms with Gasteiger partial charge in [0.05, 0.1) is 5.69 Å². The van der Waals surface area contributed by atoms with Gasteiger partial charge in [-0.25, -0.2) is 0 Å². The van der Waals surface area contributed by atoms with Gasteiger partial charge in [-0.05, 0) is 42.0 Å². The Kier molecular flexibility index (Phi) is 6.20. The van der Waals surface area contributed by atoms with Gasteiger partial charge in [0.2, 0.25) is 5.91 Å². The lowest BCUT2D eigenvalue weighted by atomic mass is 10.2. The van der Waals surface area contributed by atoms with Gasteiger partial charge in [-0.1, -0.05) is 30.3 Å². The number of nitrogens with zero attached hydrogens (tertiary/aromatic N) is 1. The lowest BCUT2D eigenvalue weighted by Crippen LogP contribution is -2.24. The molecule has 0 spiro atoms. The molecule has 0 saturated carbocycles. The fourth-order valence-electron chi connectivity index (χ4n) is 2.42. The first kappa shape index (κ1) is 17.5. The molecule has 0 fully saturated rings. The van der Waals surface area contributed by atoms with Crippen molar-refractivity contribution in [2.75, 3.05) is 11.9 Å². The van der Waals surface area contributed by atoms with Crippen molar-refractivity contribution in [3.63, 3.8) is 0 Å². The lowest BCUT2D eigenvalue weighted by molar-refractivity contribution is -0.121. The molecule has 0 aliphatic heterocycles. The number of aromatic nitrogens is 1. The maximum atomic E-state index is 12.0. The second-order valence-corrected chi connectivity index (χ2v) is 5.72. The molecule has 3 aromatic rings. The molecule has 1 amide bonds. The summed E-state index contributed by atoms with van der Waals surface area (Å²) in [6.07, 6.45) is 3.81. The average molecular weight is 347 g/mol. The molecule has 0 bridgehead atoms. The van der Waals surface area contributed by atoms with Crippen molar-refractivity contribution in [1.29, 1.82) is 0 Å². The molecule has 0 radical (unpaired) electrons.